The lowest BCUT2D eigenvalue weighted by Gasteiger charge is -2.35. The van der Waals surface area contributed by atoms with Crippen LogP contribution in [-0.4, -0.2) is 41.1 Å². The van der Waals surface area contributed by atoms with Crippen LogP contribution in [0.15, 0.2) is 11.1 Å². The molecule has 0 aliphatic carbocycles. The molecule has 1 unspecified atom stereocenters. The highest BCUT2D eigenvalue weighted by Gasteiger charge is 2.25. The highest BCUT2D eigenvalue weighted by molar-refractivity contribution is 9.09. The van der Waals surface area contributed by atoms with Crippen LogP contribution in [0.4, 0.5) is 5.82 Å². The van der Waals surface area contributed by atoms with Gasteiger partial charge in [-0.3, -0.25) is 4.79 Å². The predicted molar refractivity (Wildman–Crippen MR) is 65.6 cm³/mol. The number of nitrogens with zero attached hydrogens (tertiary/aromatic N) is 2. The van der Waals surface area contributed by atoms with Gasteiger partial charge in [-0.1, -0.05) is 27.5 Å². The third kappa shape index (κ3) is 2.23. The van der Waals surface area contributed by atoms with Crippen molar-refractivity contribution in [1.82, 2.24) is 9.97 Å². The molecule has 2 rings (SSSR count). The van der Waals surface area contributed by atoms with Crippen molar-refractivity contribution in [1.29, 1.82) is 0 Å². The Morgan fingerprint density at radius 2 is 2.56 bits per heavy atom. The number of rotatable bonds is 2. The predicted octanol–water partition coefficient (Wildman–Crippen LogP) is 1.02. The van der Waals surface area contributed by atoms with E-state index < -0.39 is 0 Å². The van der Waals surface area contributed by atoms with Gasteiger partial charge >= 0.3 is 0 Å². The Balaban J connectivity index is 2.34. The van der Waals surface area contributed by atoms with E-state index in [9.17, 15) is 4.79 Å². The zero-order valence-corrected chi connectivity index (χ0v) is 10.8. The summed E-state index contributed by atoms with van der Waals surface area (Å²) in [5.74, 6) is 0.526. The van der Waals surface area contributed by atoms with Crippen molar-refractivity contribution in [2.75, 3.05) is 30.0 Å². The maximum absolute atomic E-state index is 11.4. The quantitative estimate of drug-likeness (QED) is 0.829. The molecular formula is C9H11BrClN3O2. The molecule has 1 aromatic rings. The molecule has 0 saturated carbocycles. The Morgan fingerprint density at radius 1 is 1.75 bits per heavy atom. The average molecular weight is 309 g/mol. The Bertz CT molecular complexity index is 425. The maximum Gasteiger partial charge on any atom is 0.271 e. The van der Waals surface area contributed by atoms with E-state index in [0.29, 0.717) is 25.6 Å². The summed E-state index contributed by atoms with van der Waals surface area (Å²) < 4.78 is 5.37. The fourth-order valence-corrected chi connectivity index (χ4v) is 2.38. The molecule has 1 N–H and O–H groups in total. The zero-order valence-electron chi connectivity index (χ0n) is 8.45. The highest BCUT2D eigenvalue weighted by Crippen LogP contribution is 2.23. The molecule has 7 heteroatoms. The molecule has 16 heavy (non-hydrogen) atoms. The van der Waals surface area contributed by atoms with E-state index >= 15 is 0 Å². The molecule has 1 aliphatic heterocycles. The van der Waals surface area contributed by atoms with Crippen LogP contribution in [0.5, 0.6) is 0 Å². The molecule has 0 radical (unpaired) electrons. The van der Waals surface area contributed by atoms with Crippen LogP contribution in [0.2, 0.25) is 5.02 Å². The number of ether oxygens (including phenoxy) is 1. The molecule has 1 saturated heterocycles. The van der Waals surface area contributed by atoms with Gasteiger partial charge in [0, 0.05) is 11.9 Å². The second-order valence-corrected chi connectivity index (χ2v) is 4.47. The minimum absolute atomic E-state index is 0.135. The fourth-order valence-electron chi connectivity index (χ4n) is 1.64. The zero-order chi connectivity index (χ0) is 11.5. The number of nitrogens with one attached hydrogen (secondary N) is 1. The Kier molecular flexibility index (Phi) is 3.83. The van der Waals surface area contributed by atoms with Gasteiger partial charge in [0.25, 0.3) is 5.56 Å². The third-order valence-electron chi connectivity index (χ3n) is 2.46. The lowest BCUT2D eigenvalue weighted by atomic mass is 10.2. The molecule has 0 spiro atoms. The highest BCUT2D eigenvalue weighted by atomic mass is 79.9. The minimum atomic E-state index is -0.313. The summed E-state index contributed by atoms with van der Waals surface area (Å²) in [4.78, 5) is 19.9. The van der Waals surface area contributed by atoms with E-state index in [4.69, 9.17) is 16.3 Å². The van der Waals surface area contributed by atoms with Gasteiger partial charge in [0.1, 0.15) is 5.02 Å². The molecular weight excluding hydrogens is 297 g/mol. The van der Waals surface area contributed by atoms with E-state index in [0.717, 1.165) is 5.33 Å². The van der Waals surface area contributed by atoms with Gasteiger partial charge in [-0.25, -0.2) is 4.98 Å². The number of hydrogen-bond donors (Lipinski definition) is 1. The van der Waals surface area contributed by atoms with Crippen molar-refractivity contribution < 1.29 is 4.74 Å². The molecule has 5 nitrogen and oxygen atoms in total. The molecule has 2 heterocycles. The van der Waals surface area contributed by atoms with Crippen LogP contribution in [0.1, 0.15) is 0 Å². The normalized spacial score (nSPS) is 21.1. The number of morpholine rings is 1. The van der Waals surface area contributed by atoms with E-state index in [1.54, 1.807) is 0 Å². The van der Waals surface area contributed by atoms with Gasteiger partial charge in [0.15, 0.2) is 5.82 Å². The first-order valence-electron chi connectivity index (χ1n) is 4.87. The van der Waals surface area contributed by atoms with Crippen molar-refractivity contribution in [3.63, 3.8) is 0 Å². The molecule has 88 valence electrons. The Morgan fingerprint density at radius 3 is 3.31 bits per heavy atom. The second-order valence-electron chi connectivity index (χ2n) is 3.45. The molecule has 0 aromatic carbocycles. The largest absolute Gasteiger partial charge is 0.377 e. The first kappa shape index (κ1) is 11.9. The first-order valence-corrected chi connectivity index (χ1v) is 6.37. The van der Waals surface area contributed by atoms with Gasteiger partial charge in [-0.05, 0) is 0 Å². The fraction of sp³-hybridized carbons (Fsp3) is 0.556. The van der Waals surface area contributed by atoms with Crippen molar-refractivity contribution >= 4 is 33.3 Å². The number of anilines is 1. The number of H-pyrrole nitrogens is 1. The molecule has 1 atom stereocenters. The number of halogens is 2. The van der Waals surface area contributed by atoms with Gasteiger partial charge < -0.3 is 14.6 Å². The number of aromatic nitrogens is 2. The summed E-state index contributed by atoms with van der Waals surface area (Å²) in [6.45, 7) is 1.91. The van der Waals surface area contributed by atoms with E-state index in [1.165, 1.54) is 6.33 Å². The lowest BCUT2D eigenvalue weighted by molar-refractivity contribution is 0.1000. The van der Waals surface area contributed by atoms with Crippen molar-refractivity contribution in [2.24, 2.45) is 0 Å². The summed E-state index contributed by atoms with van der Waals surface area (Å²) in [6.07, 6.45) is 1.37. The maximum atomic E-state index is 11.4. The van der Waals surface area contributed by atoms with Crippen LogP contribution >= 0.6 is 27.5 Å². The van der Waals surface area contributed by atoms with Crippen LogP contribution in [0.3, 0.4) is 0 Å². The summed E-state index contributed by atoms with van der Waals surface area (Å²) in [5.41, 5.74) is -0.313. The Labute approximate surface area is 106 Å². The SMILES string of the molecule is O=c1[nH]cnc(N2CCOCC2CBr)c1Cl. The van der Waals surface area contributed by atoms with Crippen LogP contribution < -0.4 is 10.5 Å². The summed E-state index contributed by atoms with van der Waals surface area (Å²) >= 11 is 9.36. The topological polar surface area (TPSA) is 58.2 Å². The van der Waals surface area contributed by atoms with Gasteiger partial charge in [0.2, 0.25) is 0 Å². The van der Waals surface area contributed by atoms with E-state index in [2.05, 4.69) is 25.9 Å². The molecule has 1 aromatic heterocycles. The molecule has 0 bridgehead atoms. The molecule has 1 fully saturated rings. The molecule has 1 aliphatic rings. The van der Waals surface area contributed by atoms with Gasteiger partial charge in [-0.2, -0.15) is 0 Å². The minimum Gasteiger partial charge on any atom is -0.377 e. The second kappa shape index (κ2) is 5.16. The molecule has 0 amide bonds. The monoisotopic (exact) mass is 307 g/mol. The summed E-state index contributed by atoms with van der Waals surface area (Å²) in [6, 6.07) is 0.153. The van der Waals surface area contributed by atoms with Crippen LogP contribution in [0.25, 0.3) is 0 Å². The standard InChI is InChI=1S/C9H11BrClN3O2/c10-3-6-4-16-2-1-14(6)8-7(11)9(15)13-5-12-8/h5-6H,1-4H2,(H,12,13,15). The lowest BCUT2D eigenvalue weighted by Crippen LogP contribution is -2.47. The van der Waals surface area contributed by atoms with Crippen molar-refractivity contribution in [3.8, 4) is 0 Å². The number of aromatic amines is 1. The summed E-state index contributed by atoms with van der Waals surface area (Å²) in [5, 5.41) is 0.882. The van der Waals surface area contributed by atoms with Crippen LogP contribution in [0, 0.1) is 0 Å². The van der Waals surface area contributed by atoms with E-state index in [1.807, 2.05) is 4.90 Å². The summed E-state index contributed by atoms with van der Waals surface area (Å²) in [7, 11) is 0. The number of hydrogen-bond acceptors (Lipinski definition) is 4. The smallest absolute Gasteiger partial charge is 0.271 e. The average Bonchev–Trinajstić information content (AvgIpc) is 2.33. The van der Waals surface area contributed by atoms with Gasteiger partial charge in [0.05, 0.1) is 25.6 Å². The third-order valence-corrected chi connectivity index (χ3v) is 3.54. The van der Waals surface area contributed by atoms with E-state index in [-0.39, 0.29) is 16.6 Å². The Hall–Kier alpha value is -0.590. The van der Waals surface area contributed by atoms with Crippen molar-refractivity contribution in [3.05, 3.63) is 21.7 Å². The number of alkyl halides is 1. The first-order chi connectivity index (χ1) is 7.74. The van der Waals surface area contributed by atoms with Crippen molar-refractivity contribution in [2.45, 2.75) is 6.04 Å². The van der Waals surface area contributed by atoms with Crippen LogP contribution in [-0.2, 0) is 4.74 Å². The van der Waals surface area contributed by atoms with Gasteiger partial charge in [-0.15, -0.1) is 0 Å².